The van der Waals surface area contributed by atoms with Crippen LogP contribution in [0.3, 0.4) is 0 Å². The second kappa shape index (κ2) is 6.19. The molecule has 128 valence electrons. The van der Waals surface area contributed by atoms with E-state index < -0.39 is 26.3 Å². The van der Waals surface area contributed by atoms with Crippen molar-refractivity contribution in [1.82, 2.24) is 9.97 Å². The molecular formula is C11H18N5O6P. The van der Waals surface area contributed by atoms with Crippen LogP contribution in [0.15, 0.2) is 6.33 Å². The molecule has 0 aromatic carbocycles. The number of rotatable bonds is 5. The second-order valence-corrected chi connectivity index (χ2v) is 6.70. The quantitative estimate of drug-likeness (QED) is 0.509. The van der Waals surface area contributed by atoms with Gasteiger partial charge in [0.05, 0.1) is 19.4 Å². The van der Waals surface area contributed by atoms with E-state index in [2.05, 4.69) is 19.8 Å². The van der Waals surface area contributed by atoms with Crippen LogP contribution < -0.4 is 16.0 Å². The summed E-state index contributed by atoms with van der Waals surface area (Å²) in [5.74, 6) is 0.915. The van der Waals surface area contributed by atoms with Crippen molar-refractivity contribution in [2.24, 2.45) is 0 Å². The minimum Gasteiger partial charge on any atom is -0.390 e. The number of nitrogens with zero attached hydrogens (tertiary/aromatic N) is 3. The largest absolute Gasteiger partial charge is 0.472 e. The molecule has 0 saturated carbocycles. The molecule has 1 aromatic rings. The van der Waals surface area contributed by atoms with Gasteiger partial charge in [0.1, 0.15) is 24.3 Å². The molecule has 2 aliphatic heterocycles. The maximum Gasteiger partial charge on any atom is 0.472 e. The van der Waals surface area contributed by atoms with E-state index in [1.54, 1.807) is 4.90 Å². The molecule has 12 heteroatoms. The van der Waals surface area contributed by atoms with Crippen LogP contribution in [0.25, 0.3) is 0 Å². The van der Waals surface area contributed by atoms with Gasteiger partial charge in [0.15, 0.2) is 11.6 Å². The average Bonchev–Trinajstić information content (AvgIpc) is 3.10. The zero-order chi connectivity index (χ0) is 16.6. The molecule has 2 aliphatic rings. The predicted molar refractivity (Wildman–Crippen MR) is 79.5 cm³/mol. The highest BCUT2D eigenvalue weighted by Gasteiger charge is 2.41. The van der Waals surface area contributed by atoms with Crippen LogP contribution in [0.1, 0.15) is 6.42 Å². The lowest BCUT2D eigenvalue weighted by Crippen LogP contribution is -2.36. The Bertz CT molecular complexity index is 633. The molecule has 0 spiro atoms. The number of aliphatic hydroxyl groups excluding tert-OH is 1. The smallest absolute Gasteiger partial charge is 0.390 e. The van der Waals surface area contributed by atoms with Crippen molar-refractivity contribution in [3.63, 3.8) is 0 Å². The number of fused-ring (bicyclic) bond motifs is 1. The first-order valence-electron chi connectivity index (χ1n) is 6.89. The van der Waals surface area contributed by atoms with E-state index in [4.69, 9.17) is 15.0 Å². The van der Waals surface area contributed by atoms with E-state index in [-0.39, 0.29) is 6.61 Å². The Morgan fingerprint density at radius 3 is 3.13 bits per heavy atom. The number of nitrogens with one attached hydrogen (secondary N) is 1. The fourth-order valence-corrected chi connectivity index (χ4v) is 2.97. The molecular weight excluding hydrogens is 329 g/mol. The van der Waals surface area contributed by atoms with Crippen molar-refractivity contribution in [1.29, 1.82) is 0 Å². The number of nitrogens with two attached hydrogens (primary N) is 1. The molecule has 3 heterocycles. The first-order valence-corrected chi connectivity index (χ1v) is 8.38. The van der Waals surface area contributed by atoms with Crippen LogP contribution >= 0.6 is 7.82 Å². The summed E-state index contributed by atoms with van der Waals surface area (Å²) < 4.78 is 26.1. The fourth-order valence-electron chi connectivity index (χ4n) is 2.53. The molecule has 1 aromatic heterocycles. The van der Waals surface area contributed by atoms with Gasteiger partial charge in [-0.3, -0.25) is 9.05 Å². The maximum atomic E-state index is 11.3. The standard InChI is InChI=1S/C11H18N5O6P/c1-20-23(18,19)21-3-7-6(17)2-8(22-7)16-5-15-9-10(12)13-4-14-11(9)16/h4,6-8,15,17H,2-3,5H2,1H3,(H,18,19)(H2,12,13,14)/t6-,7+,8+/m0/s1. The van der Waals surface area contributed by atoms with E-state index in [9.17, 15) is 14.6 Å². The van der Waals surface area contributed by atoms with Crippen molar-refractivity contribution < 1.29 is 28.3 Å². The Morgan fingerprint density at radius 2 is 2.39 bits per heavy atom. The first kappa shape index (κ1) is 16.4. The molecule has 0 bridgehead atoms. The lowest BCUT2D eigenvalue weighted by molar-refractivity contribution is -0.0224. The number of aromatic nitrogens is 2. The number of nitrogen functional groups attached to an aromatic ring is 1. The van der Waals surface area contributed by atoms with Crippen molar-refractivity contribution in [3.8, 4) is 0 Å². The van der Waals surface area contributed by atoms with E-state index in [0.29, 0.717) is 30.4 Å². The summed E-state index contributed by atoms with van der Waals surface area (Å²) >= 11 is 0. The monoisotopic (exact) mass is 347 g/mol. The van der Waals surface area contributed by atoms with Gasteiger partial charge in [-0.1, -0.05) is 0 Å². The third-order valence-electron chi connectivity index (χ3n) is 3.74. The Morgan fingerprint density at radius 1 is 1.61 bits per heavy atom. The zero-order valence-electron chi connectivity index (χ0n) is 12.3. The van der Waals surface area contributed by atoms with E-state index in [0.717, 1.165) is 7.11 Å². The number of hydrogen-bond donors (Lipinski definition) is 4. The topological polar surface area (TPSA) is 152 Å². The number of anilines is 3. The van der Waals surface area contributed by atoms with Crippen molar-refractivity contribution in [3.05, 3.63) is 6.33 Å². The third kappa shape index (κ3) is 3.25. The zero-order valence-corrected chi connectivity index (χ0v) is 13.2. The molecule has 5 N–H and O–H groups in total. The highest BCUT2D eigenvalue weighted by molar-refractivity contribution is 7.47. The Hall–Kier alpha value is -1.49. The van der Waals surface area contributed by atoms with Crippen LogP contribution in [0.4, 0.5) is 17.3 Å². The molecule has 1 fully saturated rings. The minimum atomic E-state index is -4.11. The summed E-state index contributed by atoms with van der Waals surface area (Å²) in [7, 11) is -3.05. The number of hydrogen-bond acceptors (Lipinski definition) is 10. The van der Waals surface area contributed by atoms with Crippen LogP contribution in [-0.4, -0.2) is 58.8 Å². The third-order valence-corrected chi connectivity index (χ3v) is 4.68. The van der Waals surface area contributed by atoms with Gasteiger partial charge in [0.2, 0.25) is 0 Å². The predicted octanol–water partition coefficient (Wildman–Crippen LogP) is -0.513. The SMILES string of the molecule is COP(=O)(O)OC[C@H]1O[C@@H](N2CNc3c(N)ncnc32)C[C@@H]1O. The van der Waals surface area contributed by atoms with Crippen molar-refractivity contribution >= 4 is 25.1 Å². The van der Waals surface area contributed by atoms with E-state index >= 15 is 0 Å². The minimum absolute atomic E-state index is 0.265. The molecule has 4 atom stereocenters. The van der Waals surface area contributed by atoms with E-state index in [1.807, 2.05) is 0 Å². The molecule has 0 amide bonds. The Labute approximate surface area is 132 Å². The summed E-state index contributed by atoms with van der Waals surface area (Å²) in [5, 5.41) is 13.1. The lowest BCUT2D eigenvalue weighted by atomic mass is 10.2. The van der Waals surface area contributed by atoms with Gasteiger partial charge in [-0.25, -0.2) is 14.5 Å². The summed E-state index contributed by atoms with van der Waals surface area (Å²) in [4.78, 5) is 19.1. The average molecular weight is 347 g/mol. The lowest BCUT2D eigenvalue weighted by Gasteiger charge is -2.24. The molecule has 0 aliphatic carbocycles. The van der Waals surface area contributed by atoms with Gasteiger partial charge in [-0.05, 0) is 0 Å². The number of ether oxygens (including phenoxy) is 1. The normalized spacial score (nSPS) is 29.2. The molecule has 11 nitrogen and oxygen atoms in total. The van der Waals surface area contributed by atoms with Crippen LogP contribution in [0, 0.1) is 0 Å². The summed E-state index contributed by atoms with van der Waals surface area (Å²) in [6.07, 6.45) is -0.427. The van der Waals surface area contributed by atoms with Crippen molar-refractivity contribution in [2.75, 3.05) is 36.3 Å². The van der Waals surface area contributed by atoms with Gasteiger partial charge in [-0.2, -0.15) is 0 Å². The highest BCUT2D eigenvalue weighted by Crippen LogP contribution is 2.43. The van der Waals surface area contributed by atoms with Gasteiger partial charge >= 0.3 is 7.82 Å². The fraction of sp³-hybridized carbons (Fsp3) is 0.636. The van der Waals surface area contributed by atoms with Gasteiger partial charge < -0.3 is 30.7 Å². The first-order chi connectivity index (χ1) is 10.9. The molecule has 0 radical (unpaired) electrons. The summed E-state index contributed by atoms with van der Waals surface area (Å²) in [5.41, 5.74) is 6.39. The maximum absolute atomic E-state index is 11.3. The molecule has 23 heavy (non-hydrogen) atoms. The molecule has 1 unspecified atom stereocenters. The highest BCUT2D eigenvalue weighted by atomic mass is 31.2. The molecule has 3 rings (SSSR count). The van der Waals surface area contributed by atoms with E-state index in [1.165, 1.54) is 6.33 Å². The van der Waals surface area contributed by atoms with Gasteiger partial charge in [0.25, 0.3) is 0 Å². The van der Waals surface area contributed by atoms with Crippen LogP contribution in [0.2, 0.25) is 0 Å². The number of aliphatic hydroxyl groups is 1. The van der Waals surface area contributed by atoms with Gasteiger partial charge in [0, 0.05) is 13.5 Å². The Balaban J connectivity index is 1.66. The number of phosphoric ester groups is 1. The second-order valence-electron chi connectivity index (χ2n) is 5.14. The van der Waals surface area contributed by atoms with Crippen molar-refractivity contribution in [2.45, 2.75) is 24.9 Å². The molecule has 1 saturated heterocycles. The van der Waals surface area contributed by atoms with Crippen LogP contribution in [-0.2, 0) is 18.3 Å². The van der Waals surface area contributed by atoms with Crippen LogP contribution in [0.5, 0.6) is 0 Å². The number of phosphoric acid groups is 1. The van der Waals surface area contributed by atoms with Gasteiger partial charge in [-0.15, -0.1) is 0 Å². The Kier molecular flexibility index (Phi) is 4.41. The summed E-state index contributed by atoms with van der Waals surface area (Å²) in [6, 6.07) is 0. The summed E-state index contributed by atoms with van der Waals surface area (Å²) in [6.45, 7) is 0.138.